The molecule has 654 valence electrons. The van der Waals surface area contributed by atoms with Crippen LogP contribution in [-0.4, -0.2) is 163 Å². The van der Waals surface area contributed by atoms with Crippen LogP contribution in [0.4, 0.5) is 0 Å². The summed E-state index contributed by atoms with van der Waals surface area (Å²) in [6.07, 6.45) is 43.4. The van der Waals surface area contributed by atoms with E-state index in [1.807, 2.05) is 129 Å². The minimum Gasteiger partial charge on any atom is -0.390 e. The minimum absolute atomic E-state index is 0.392. The van der Waals surface area contributed by atoms with E-state index >= 15 is 0 Å². The second-order valence-electron chi connectivity index (χ2n) is 35.5. The lowest BCUT2D eigenvalue weighted by atomic mass is 10.1. The van der Waals surface area contributed by atoms with Gasteiger partial charge in [-0.1, -0.05) is 101 Å². The lowest BCUT2D eigenvalue weighted by Gasteiger charge is -2.17. The van der Waals surface area contributed by atoms with Gasteiger partial charge in [-0.3, -0.25) is 25.5 Å². The first-order valence-corrected chi connectivity index (χ1v) is 42.7. The molecule has 127 heavy (non-hydrogen) atoms. The van der Waals surface area contributed by atoms with Crippen molar-refractivity contribution in [3.8, 4) is 115 Å². The molecular weight excluding hydrogens is 1590 g/mol. The summed E-state index contributed by atoms with van der Waals surface area (Å²) in [5.74, 6) is 29.4. The second-order valence-corrected chi connectivity index (χ2v) is 35.5. The van der Waals surface area contributed by atoms with Gasteiger partial charge in [0.25, 0.3) is 0 Å². The SMILES string of the molecule is CC(C)(O)C#Cc1cc2c(-c3cn[nH]c3)cn(CCC(C)(C)O)c2cn1.CC(C)(O)C#Cc1cc2c(-c3cn[nH]c3)cn(Cc3ccccc3)c2cn1.CC(C)Cn1cc(-c2cn[nH]c2)c2cc(C#CC(C)(C)O)ncc21.CCC(CC)n1cc(-c2cn[nH]c2)c2cc(C#CC(C)(C)O)ncc21.CCCC(C)n1cc(-c2cn[nH]c2)c2cc(C#CC(C)(C)O)ncc21. The van der Waals surface area contributed by atoms with Crippen LogP contribution in [0.5, 0.6) is 0 Å². The van der Waals surface area contributed by atoms with Crippen LogP contribution >= 0.6 is 0 Å². The molecule has 0 bridgehead atoms. The van der Waals surface area contributed by atoms with E-state index < -0.39 is 33.6 Å². The van der Waals surface area contributed by atoms with Crippen LogP contribution in [0, 0.1) is 65.1 Å². The van der Waals surface area contributed by atoms with E-state index in [-0.39, 0.29) is 0 Å². The molecule has 1 unspecified atom stereocenters. The van der Waals surface area contributed by atoms with Gasteiger partial charge < -0.3 is 53.5 Å². The van der Waals surface area contributed by atoms with Crippen LogP contribution in [0.25, 0.3) is 110 Å². The van der Waals surface area contributed by atoms with E-state index in [9.17, 15) is 30.6 Å². The molecule has 26 heteroatoms. The normalized spacial score (nSPS) is 12.0. The van der Waals surface area contributed by atoms with Crippen molar-refractivity contribution < 1.29 is 30.6 Å². The summed E-state index contributed by atoms with van der Waals surface area (Å²) < 4.78 is 11.1. The van der Waals surface area contributed by atoms with Crippen molar-refractivity contribution in [1.82, 2.24) is 98.7 Å². The Kier molecular flexibility index (Phi) is 28.9. The Morgan fingerprint density at radius 3 is 0.976 bits per heavy atom. The van der Waals surface area contributed by atoms with Crippen LogP contribution in [-0.2, 0) is 19.6 Å². The molecule has 0 spiro atoms. The van der Waals surface area contributed by atoms with Gasteiger partial charge in [-0.15, -0.1) is 0 Å². The van der Waals surface area contributed by atoms with Crippen LogP contribution in [0.3, 0.4) is 0 Å². The van der Waals surface area contributed by atoms with E-state index in [4.69, 9.17) is 0 Å². The number of hydrogen-bond acceptors (Lipinski definition) is 16. The van der Waals surface area contributed by atoms with Crippen molar-refractivity contribution in [3.05, 3.63) is 219 Å². The average Bonchev–Trinajstić information content (AvgIpc) is 1.65. The van der Waals surface area contributed by atoms with Gasteiger partial charge in [0.15, 0.2) is 0 Å². The minimum atomic E-state index is -1.07. The summed E-state index contributed by atoms with van der Waals surface area (Å²) in [7, 11) is 0. The summed E-state index contributed by atoms with van der Waals surface area (Å²) in [6.45, 7) is 35.8. The number of fused-ring (bicyclic) bond motifs is 5. The van der Waals surface area contributed by atoms with Crippen LogP contribution in [0.15, 0.2) is 185 Å². The largest absolute Gasteiger partial charge is 0.390 e. The third-order valence-electron chi connectivity index (χ3n) is 20.5. The number of pyridine rings is 5. The van der Waals surface area contributed by atoms with Gasteiger partial charge in [-0.2, -0.15) is 25.5 Å². The monoisotopic (exact) mass is 1700 g/mol. The Bertz CT molecular complexity index is 6710. The van der Waals surface area contributed by atoms with Gasteiger partial charge >= 0.3 is 0 Å². The van der Waals surface area contributed by atoms with E-state index in [2.05, 4.69) is 243 Å². The maximum atomic E-state index is 10.0. The number of nitrogens with zero attached hydrogens (tertiary/aromatic N) is 15. The number of aromatic amines is 5. The Morgan fingerprint density at radius 2 is 0.661 bits per heavy atom. The number of aliphatic hydroxyl groups is 6. The molecule has 26 nitrogen and oxygen atoms in total. The van der Waals surface area contributed by atoms with Crippen molar-refractivity contribution in [3.63, 3.8) is 0 Å². The molecule has 0 aliphatic rings. The van der Waals surface area contributed by atoms with Crippen molar-refractivity contribution in [2.75, 3.05) is 0 Å². The van der Waals surface area contributed by atoms with E-state index in [1.54, 1.807) is 95.5 Å². The van der Waals surface area contributed by atoms with E-state index in [1.165, 1.54) is 5.56 Å². The van der Waals surface area contributed by atoms with Gasteiger partial charge in [0.05, 0.1) is 95.2 Å². The van der Waals surface area contributed by atoms with Crippen LogP contribution in [0.1, 0.15) is 203 Å². The van der Waals surface area contributed by atoms with Gasteiger partial charge in [0.2, 0.25) is 0 Å². The summed E-state index contributed by atoms with van der Waals surface area (Å²) in [6, 6.07) is 21.0. The van der Waals surface area contributed by atoms with E-state index in [0.717, 1.165) is 149 Å². The molecule has 0 aliphatic heterocycles. The zero-order valence-electron chi connectivity index (χ0n) is 75.6. The summed E-state index contributed by atoms with van der Waals surface area (Å²) >= 11 is 0. The van der Waals surface area contributed by atoms with Gasteiger partial charge in [0.1, 0.15) is 56.5 Å². The molecule has 0 saturated carbocycles. The number of nitrogens with one attached hydrogen (secondary N) is 5. The third kappa shape index (κ3) is 25.1. The fraction of sp³-hybridized carbons (Fsp3) is 0.347. The lowest BCUT2D eigenvalue weighted by Crippen LogP contribution is -2.20. The Hall–Kier alpha value is -13.7. The average molecular weight is 1700 g/mol. The summed E-state index contributed by atoms with van der Waals surface area (Å²) in [5, 5.41) is 99.2. The van der Waals surface area contributed by atoms with Crippen LogP contribution < -0.4 is 0 Å². The molecule has 0 saturated heterocycles. The molecule has 15 heterocycles. The van der Waals surface area contributed by atoms with Crippen molar-refractivity contribution in [2.45, 2.75) is 222 Å². The van der Waals surface area contributed by atoms with Gasteiger partial charge in [-0.05, 0) is 187 Å². The van der Waals surface area contributed by atoms with Crippen molar-refractivity contribution in [1.29, 1.82) is 0 Å². The van der Waals surface area contributed by atoms with Crippen molar-refractivity contribution in [2.24, 2.45) is 5.92 Å². The molecule has 0 aliphatic carbocycles. The lowest BCUT2D eigenvalue weighted by molar-refractivity contribution is 0.0665. The molecular formula is C101H114N20O6. The molecule has 0 amide bonds. The summed E-state index contributed by atoms with van der Waals surface area (Å²) in [4.78, 5) is 22.3. The fourth-order valence-electron chi connectivity index (χ4n) is 14.4. The molecule has 11 N–H and O–H groups in total. The Balaban J connectivity index is 0.000000144. The number of rotatable bonds is 18. The summed E-state index contributed by atoms with van der Waals surface area (Å²) in [5.41, 5.74) is 14.3. The highest BCUT2D eigenvalue weighted by molar-refractivity contribution is 6.00. The predicted octanol–water partition coefficient (Wildman–Crippen LogP) is 17.3. The highest BCUT2D eigenvalue weighted by Crippen LogP contribution is 2.38. The zero-order valence-corrected chi connectivity index (χ0v) is 75.6. The molecule has 16 aromatic rings. The zero-order chi connectivity index (χ0) is 91.2. The molecule has 1 aromatic carbocycles. The predicted molar refractivity (Wildman–Crippen MR) is 503 cm³/mol. The first-order valence-electron chi connectivity index (χ1n) is 42.7. The highest BCUT2D eigenvalue weighted by atomic mass is 16.3. The Labute approximate surface area is 741 Å². The van der Waals surface area contributed by atoms with Crippen LogP contribution in [0.2, 0.25) is 0 Å². The first-order chi connectivity index (χ1) is 60.3. The fourth-order valence-corrected chi connectivity index (χ4v) is 14.4. The third-order valence-corrected chi connectivity index (χ3v) is 20.5. The van der Waals surface area contributed by atoms with Gasteiger partial charge in [0, 0.05) is 176 Å². The number of benzene rings is 1. The van der Waals surface area contributed by atoms with Gasteiger partial charge in [-0.25, -0.2) is 24.9 Å². The van der Waals surface area contributed by atoms with E-state index in [0.29, 0.717) is 59.4 Å². The molecule has 16 rings (SSSR count). The number of hydrogen-bond donors (Lipinski definition) is 11. The number of H-pyrrole nitrogens is 5. The highest BCUT2D eigenvalue weighted by Gasteiger charge is 2.23. The number of aromatic nitrogens is 20. The molecule has 0 radical (unpaired) electrons. The quantitative estimate of drug-likeness (QED) is 0.0356. The first kappa shape index (κ1) is 92.5. The molecule has 15 aromatic heterocycles. The number of aryl methyl sites for hydroxylation is 1. The second kappa shape index (κ2) is 39.6. The van der Waals surface area contributed by atoms with Crippen molar-refractivity contribution >= 4 is 54.5 Å². The standard InChI is InChI=1S/C22H20N4O.C20H24N4O2.2C20H24N4O.C19H22N4O/c1-22(2,27)9-8-18-10-19-20(17-11-24-25-12-17)15-26(21(19)13-23-18)14-16-6-4-3-5-7-16;1-19(2,25)6-5-15-9-16-17(14-10-22-23-11-14)13-24(18(16)12-21-15)8-7-20(3,4)26;1-5-6-14(2)24-13-18(15-10-22-23-11-15)17-9-16(21-12-19(17)24)7-8-20(3,4)25;1-5-16(6-2)24-13-18(14-10-22-23-11-14)17-9-15(21-12-19(17)24)7-8-20(3,4)25;1-13(2)11-23-12-17(14-8-21-22-9-14)16-7-15(20-10-18(16)23)5-6-19(3,4)24/h3-7,10-13,15,27H,14H2,1-2H3,(H,24,25);9-13,25-26H,7-8H2,1-4H3,(H,22,23);9-14,25H,5-6H2,1-4H3,(H,22,23);9-13,16,25H,5-6H2,1-4H3,(H,22,23);7-10,12-13,24H,11H2,1-4H3,(H,21,22). The topological polar surface area (TPSA) is 354 Å². The molecule has 0 fully saturated rings. The smallest absolute Gasteiger partial charge is 0.120 e. The maximum Gasteiger partial charge on any atom is 0.120 e. The molecule has 1 atom stereocenters. The maximum absolute atomic E-state index is 10.0. The Morgan fingerprint density at radius 1 is 0.362 bits per heavy atom.